The largest absolute Gasteiger partial charge is 0.496 e. The quantitative estimate of drug-likeness (QED) is 0.735. The topological polar surface area (TPSA) is 26.3 Å². The number of benzene rings is 2. The van der Waals surface area contributed by atoms with Gasteiger partial charge in [0.25, 0.3) is 0 Å². The van der Waals surface area contributed by atoms with Crippen LogP contribution in [0.1, 0.15) is 21.5 Å². The molecular formula is C16H14BrClO2. The van der Waals surface area contributed by atoms with Crippen molar-refractivity contribution in [2.24, 2.45) is 0 Å². The van der Waals surface area contributed by atoms with E-state index in [9.17, 15) is 4.79 Å². The van der Waals surface area contributed by atoms with E-state index < -0.39 is 0 Å². The molecule has 104 valence electrons. The molecular weight excluding hydrogens is 340 g/mol. The first-order chi connectivity index (χ1) is 9.49. The Labute approximate surface area is 131 Å². The zero-order valence-electron chi connectivity index (χ0n) is 11.2. The van der Waals surface area contributed by atoms with Crippen molar-refractivity contribution < 1.29 is 9.53 Å². The predicted molar refractivity (Wildman–Crippen MR) is 84.9 cm³/mol. The van der Waals surface area contributed by atoms with Crippen LogP contribution in [0, 0.1) is 6.92 Å². The lowest BCUT2D eigenvalue weighted by Gasteiger charge is -2.09. The number of halogens is 2. The number of ketones is 1. The van der Waals surface area contributed by atoms with Crippen molar-refractivity contribution in [3.63, 3.8) is 0 Å². The van der Waals surface area contributed by atoms with E-state index in [4.69, 9.17) is 16.3 Å². The summed E-state index contributed by atoms with van der Waals surface area (Å²) in [5.41, 5.74) is 2.45. The summed E-state index contributed by atoms with van der Waals surface area (Å²) in [4.78, 5) is 12.4. The van der Waals surface area contributed by atoms with Crippen molar-refractivity contribution in [1.82, 2.24) is 0 Å². The Kier molecular flexibility index (Phi) is 4.84. The van der Waals surface area contributed by atoms with E-state index in [0.717, 1.165) is 15.6 Å². The van der Waals surface area contributed by atoms with E-state index in [1.165, 1.54) is 0 Å². The second-order valence-electron chi connectivity index (χ2n) is 4.57. The smallest absolute Gasteiger partial charge is 0.167 e. The maximum atomic E-state index is 12.4. The number of Topliss-reactive ketones (excluding diaryl/α,β-unsaturated/α-hetero) is 1. The molecule has 0 atom stereocenters. The number of rotatable bonds is 4. The number of methoxy groups -OCH3 is 1. The molecule has 0 heterocycles. The third-order valence-corrected chi connectivity index (χ3v) is 3.67. The van der Waals surface area contributed by atoms with Gasteiger partial charge < -0.3 is 4.74 Å². The molecule has 0 bridgehead atoms. The van der Waals surface area contributed by atoms with Crippen molar-refractivity contribution in [2.45, 2.75) is 13.3 Å². The lowest BCUT2D eigenvalue weighted by atomic mass is 10.0. The molecule has 0 amide bonds. The molecule has 0 saturated carbocycles. The first-order valence-electron chi connectivity index (χ1n) is 6.12. The molecule has 0 radical (unpaired) electrons. The molecule has 4 heteroatoms. The van der Waals surface area contributed by atoms with Gasteiger partial charge in [-0.25, -0.2) is 0 Å². The minimum atomic E-state index is 0.0204. The summed E-state index contributed by atoms with van der Waals surface area (Å²) in [6.45, 7) is 1.92. The van der Waals surface area contributed by atoms with Crippen molar-refractivity contribution in [3.05, 3.63) is 62.6 Å². The lowest BCUT2D eigenvalue weighted by Crippen LogP contribution is -2.05. The van der Waals surface area contributed by atoms with Gasteiger partial charge in [0.2, 0.25) is 0 Å². The average Bonchev–Trinajstić information content (AvgIpc) is 2.37. The van der Waals surface area contributed by atoms with Gasteiger partial charge in [0, 0.05) is 27.0 Å². The highest BCUT2D eigenvalue weighted by molar-refractivity contribution is 9.10. The monoisotopic (exact) mass is 352 g/mol. The summed E-state index contributed by atoms with van der Waals surface area (Å²) in [6.07, 6.45) is 0.280. The molecule has 2 aromatic rings. The Morgan fingerprint density at radius 3 is 2.65 bits per heavy atom. The van der Waals surface area contributed by atoms with E-state index in [2.05, 4.69) is 15.9 Å². The van der Waals surface area contributed by atoms with E-state index in [0.29, 0.717) is 16.3 Å². The highest BCUT2D eigenvalue weighted by Crippen LogP contribution is 2.25. The number of carbonyl (C=O) groups is 1. The van der Waals surface area contributed by atoms with E-state index >= 15 is 0 Å². The average molecular weight is 354 g/mol. The van der Waals surface area contributed by atoms with E-state index in [1.54, 1.807) is 13.2 Å². The van der Waals surface area contributed by atoms with Crippen LogP contribution in [-0.2, 0) is 6.42 Å². The summed E-state index contributed by atoms with van der Waals surface area (Å²) in [7, 11) is 1.60. The van der Waals surface area contributed by atoms with E-state index in [-0.39, 0.29) is 12.2 Å². The van der Waals surface area contributed by atoms with Crippen LogP contribution < -0.4 is 4.74 Å². The normalized spacial score (nSPS) is 10.4. The molecule has 0 aliphatic rings. The Balaban J connectivity index is 2.29. The van der Waals surface area contributed by atoms with Crippen molar-refractivity contribution in [3.8, 4) is 5.75 Å². The summed E-state index contributed by atoms with van der Waals surface area (Å²) in [5, 5.41) is 0.578. The number of hydrogen-bond acceptors (Lipinski definition) is 2. The third-order valence-electron chi connectivity index (χ3n) is 2.96. The van der Waals surface area contributed by atoms with Crippen LogP contribution in [0.3, 0.4) is 0 Å². The van der Waals surface area contributed by atoms with Crippen molar-refractivity contribution in [1.29, 1.82) is 0 Å². The van der Waals surface area contributed by atoms with Gasteiger partial charge in [0.1, 0.15) is 5.75 Å². The van der Waals surface area contributed by atoms with Gasteiger partial charge in [0.05, 0.1) is 7.11 Å². The maximum Gasteiger partial charge on any atom is 0.167 e. The highest BCUT2D eigenvalue weighted by atomic mass is 79.9. The Bertz CT molecular complexity index is 633. The third kappa shape index (κ3) is 3.62. The minimum absolute atomic E-state index is 0.0204. The second-order valence-corrected chi connectivity index (χ2v) is 5.93. The standard InChI is InChI=1S/C16H14BrClO2/c1-10-5-11(8-14(18)6-10)15(19)9-12-7-13(17)3-4-16(12)20-2/h3-8H,9H2,1-2H3. The summed E-state index contributed by atoms with van der Waals surface area (Å²) < 4.78 is 6.21. The van der Waals surface area contributed by atoms with Crippen LogP contribution in [0.5, 0.6) is 5.75 Å². The molecule has 0 N–H and O–H groups in total. The van der Waals surface area contributed by atoms with Gasteiger partial charge in [-0.05, 0) is 48.9 Å². The van der Waals surface area contributed by atoms with Crippen LogP contribution in [0.4, 0.5) is 0 Å². The molecule has 0 aliphatic heterocycles. The number of hydrogen-bond donors (Lipinski definition) is 0. The van der Waals surface area contributed by atoms with Crippen LogP contribution in [0.2, 0.25) is 5.02 Å². The first kappa shape index (κ1) is 15.1. The molecule has 0 aromatic heterocycles. The molecule has 0 saturated heterocycles. The van der Waals surface area contributed by atoms with Gasteiger partial charge in [-0.1, -0.05) is 27.5 Å². The van der Waals surface area contributed by atoms with Gasteiger partial charge in [-0.3, -0.25) is 4.79 Å². The van der Waals surface area contributed by atoms with Crippen molar-refractivity contribution in [2.75, 3.05) is 7.11 Å². The fourth-order valence-corrected chi connectivity index (χ4v) is 2.76. The molecule has 0 unspecified atom stereocenters. The SMILES string of the molecule is COc1ccc(Br)cc1CC(=O)c1cc(C)cc(Cl)c1. The molecule has 0 aliphatic carbocycles. The van der Waals surface area contributed by atoms with Crippen LogP contribution in [-0.4, -0.2) is 12.9 Å². The van der Waals surface area contributed by atoms with Gasteiger partial charge in [0.15, 0.2) is 5.78 Å². The minimum Gasteiger partial charge on any atom is -0.496 e. The van der Waals surface area contributed by atoms with Crippen LogP contribution >= 0.6 is 27.5 Å². The molecule has 2 rings (SSSR count). The number of carbonyl (C=O) groups excluding carboxylic acids is 1. The number of ether oxygens (including phenoxy) is 1. The Morgan fingerprint density at radius 1 is 1.25 bits per heavy atom. The van der Waals surface area contributed by atoms with Gasteiger partial charge in [-0.15, -0.1) is 0 Å². The lowest BCUT2D eigenvalue weighted by molar-refractivity contribution is 0.0992. The van der Waals surface area contributed by atoms with Crippen molar-refractivity contribution >= 4 is 33.3 Å². The molecule has 0 fully saturated rings. The first-order valence-corrected chi connectivity index (χ1v) is 7.29. The van der Waals surface area contributed by atoms with E-state index in [1.807, 2.05) is 37.3 Å². The van der Waals surface area contributed by atoms with Gasteiger partial charge >= 0.3 is 0 Å². The molecule has 0 spiro atoms. The molecule has 20 heavy (non-hydrogen) atoms. The summed E-state index contributed by atoms with van der Waals surface area (Å²) in [6, 6.07) is 11.0. The summed E-state index contributed by atoms with van der Waals surface area (Å²) in [5.74, 6) is 0.729. The summed E-state index contributed by atoms with van der Waals surface area (Å²) >= 11 is 9.40. The highest BCUT2D eigenvalue weighted by Gasteiger charge is 2.12. The maximum absolute atomic E-state index is 12.4. The van der Waals surface area contributed by atoms with Crippen LogP contribution in [0.15, 0.2) is 40.9 Å². The fourth-order valence-electron chi connectivity index (χ4n) is 2.06. The van der Waals surface area contributed by atoms with Gasteiger partial charge in [-0.2, -0.15) is 0 Å². The second kappa shape index (κ2) is 6.42. The van der Waals surface area contributed by atoms with Crippen LogP contribution in [0.25, 0.3) is 0 Å². The predicted octanol–water partition coefficient (Wildman–Crippen LogP) is 4.84. The Morgan fingerprint density at radius 2 is 2.00 bits per heavy atom. The molecule has 2 aromatic carbocycles. The molecule has 2 nitrogen and oxygen atoms in total. The Hall–Kier alpha value is -1.32. The zero-order chi connectivity index (χ0) is 14.7. The zero-order valence-corrected chi connectivity index (χ0v) is 13.6. The fraction of sp³-hybridized carbons (Fsp3) is 0.188. The number of aryl methyl sites for hydroxylation is 1.